The normalized spacial score (nSPS) is 10.6. The van der Waals surface area contributed by atoms with Crippen LogP contribution >= 0.6 is 0 Å². The second kappa shape index (κ2) is 2.65. The second-order valence-electron chi connectivity index (χ2n) is 2.66. The number of benzene rings is 1. The lowest BCUT2D eigenvalue weighted by Gasteiger charge is -2.02. The van der Waals surface area contributed by atoms with Crippen LogP contribution in [-0.4, -0.2) is 4.98 Å². The first kappa shape index (κ1) is 7.91. The van der Waals surface area contributed by atoms with Gasteiger partial charge in [-0.2, -0.15) is 0 Å². The van der Waals surface area contributed by atoms with E-state index in [1.165, 1.54) is 12.3 Å². The average Bonchev–Trinajstić information content (AvgIpc) is 2.15. The molecule has 0 saturated heterocycles. The molecule has 0 amide bonds. The molecule has 2 nitrogen and oxygen atoms in total. The van der Waals surface area contributed by atoms with Crippen LogP contribution in [0.4, 0.5) is 14.5 Å². The van der Waals surface area contributed by atoms with E-state index in [0.717, 1.165) is 6.07 Å². The fraction of sp³-hybridized carbons (Fsp3) is 0. The summed E-state index contributed by atoms with van der Waals surface area (Å²) in [5.41, 5.74) is 4.98. The number of nitrogens with zero attached hydrogens (tertiary/aromatic N) is 1. The van der Waals surface area contributed by atoms with Crippen molar-refractivity contribution in [1.82, 2.24) is 4.98 Å². The van der Waals surface area contributed by atoms with E-state index < -0.39 is 17.3 Å². The molecule has 13 heavy (non-hydrogen) atoms. The number of hydrogen-bond donors (Lipinski definition) is 1. The first-order valence-electron chi connectivity index (χ1n) is 3.68. The summed E-state index contributed by atoms with van der Waals surface area (Å²) in [4.78, 5) is 3.81. The smallest absolute Gasteiger partial charge is 0.158 e. The van der Waals surface area contributed by atoms with E-state index in [1.807, 2.05) is 0 Å². The van der Waals surface area contributed by atoms with Gasteiger partial charge in [-0.05, 0) is 12.1 Å². The Hall–Kier alpha value is -1.71. The summed E-state index contributed by atoms with van der Waals surface area (Å²) in [6.45, 7) is 0. The van der Waals surface area contributed by atoms with Crippen LogP contribution < -0.4 is 5.73 Å². The lowest BCUT2D eigenvalue weighted by atomic mass is 10.2. The predicted octanol–water partition coefficient (Wildman–Crippen LogP) is 2.10. The van der Waals surface area contributed by atoms with Gasteiger partial charge in [0.1, 0.15) is 5.69 Å². The van der Waals surface area contributed by atoms with Crippen molar-refractivity contribution < 1.29 is 8.78 Å². The number of halogens is 2. The molecule has 1 aromatic carbocycles. The maximum atomic E-state index is 13.3. The van der Waals surface area contributed by atoms with Crippen LogP contribution in [-0.2, 0) is 0 Å². The van der Waals surface area contributed by atoms with Crippen LogP contribution in [0.25, 0.3) is 10.9 Å². The summed E-state index contributed by atoms with van der Waals surface area (Å²) in [6, 6.07) is 4.20. The van der Waals surface area contributed by atoms with Gasteiger partial charge in [0.15, 0.2) is 11.6 Å². The average molecular weight is 180 g/mol. The molecule has 0 bridgehead atoms. The highest BCUT2D eigenvalue weighted by Crippen LogP contribution is 2.23. The number of anilines is 1. The number of nitrogens with two attached hydrogens (primary N) is 1. The highest BCUT2D eigenvalue weighted by Gasteiger charge is 2.10. The summed E-state index contributed by atoms with van der Waals surface area (Å²) in [5.74, 6) is -1.52. The van der Waals surface area contributed by atoms with Gasteiger partial charge in [0.2, 0.25) is 0 Å². The summed E-state index contributed by atoms with van der Waals surface area (Å²) >= 11 is 0. The molecule has 0 atom stereocenters. The van der Waals surface area contributed by atoms with Crippen LogP contribution in [0.3, 0.4) is 0 Å². The maximum Gasteiger partial charge on any atom is 0.158 e. The molecule has 4 heteroatoms. The lowest BCUT2D eigenvalue weighted by Crippen LogP contribution is -1.96. The standard InChI is InChI=1S/C9H6F2N2/c10-6-4-7-5(2-1-3-13-7)8(11)9(6)12/h1-4H,12H2. The molecule has 0 aliphatic heterocycles. The molecule has 2 aromatic rings. The molecule has 2 rings (SSSR count). The van der Waals surface area contributed by atoms with Crippen molar-refractivity contribution >= 4 is 16.6 Å². The molecular weight excluding hydrogens is 174 g/mol. The van der Waals surface area contributed by atoms with Gasteiger partial charge in [0, 0.05) is 17.6 Å². The van der Waals surface area contributed by atoms with Crippen LogP contribution in [0.15, 0.2) is 24.4 Å². The van der Waals surface area contributed by atoms with Crippen molar-refractivity contribution in [3.05, 3.63) is 36.0 Å². The minimum atomic E-state index is -0.774. The molecule has 0 spiro atoms. The van der Waals surface area contributed by atoms with Crippen molar-refractivity contribution in [2.45, 2.75) is 0 Å². The lowest BCUT2D eigenvalue weighted by molar-refractivity contribution is 0.600. The topological polar surface area (TPSA) is 38.9 Å². The summed E-state index contributed by atoms with van der Waals surface area (Å²) in [7, 11) is 0. The maximum absolute atomic E-state index is 13.3. The summed E-state index contributed by atoms with van der Waals surface area (Å²) in [5, 5.41) is 0.237. The van der Waals surface area contributed by atoms with Crippen LogP contribution in [0.1, 0.15) is 0 Å². The molecule has 1 aromatic heterocycles. The number of hydrogen-bond acceptors (Lipinski definition) is 2. The SMILES string of the molecule is Nc1c(F)cc2ncccc2c1F. The van der Waals surface area contributed by atoms with Crippen LogP contribution in [0.5, 0.6) is 0 Å². The molecule has 0 saturated carbocycles. The quantitative estimate of drug-likeness (QED) is 0.630. The van der Waals surface area contributed by atoms with Gasteiger partial charge in [-0.15, -0.1) is 0 Å². The van der Waals surface area contributed by atoms with Crippen LogP contribution in [0.2, 0.25) is 0 Å². The largest absolute Gasteiger partial charge is 0.394 e. The fourth-order valence-electron chi connectivity index (χ4n) is 1.17. The van der Waals surface area contributed by atoms with E-state index in [9.17, 15) is 8.78 Å². The minimum absolute atomic E-state index is 0.237. The predicted molar refractivity (Wildman–Crippen MR) is 46.1 cm³/mol. The Morgan fingerprint density at radius 1 is 1.31 bits per heavy atom. The summed E-state index contributed by atoms with van der Waals surface area (Å²) in [6.07, 6.45) is 1.47. The molecule has 66 valence electrons. The molecular formula is C9H6F2N2. The van der Waals surface area contributed by atoms with Crippen molar-refractivity contribution in [2.75, 3.05) is 5.73 Å². The van der Waals surface area contributed by atoms with Crippen LogP contribution in [0, 0.1) is 11.6 Å². The molecule has 0 unspecified atom stereocenters. The Kier molecular flexibility index (Phi) is 1.62. The Labute approximate surface area is 73.0 Å². The van der Waals surface area contributed by atoms with Gasteiger partial charge >= 0.3 is 0 Å². The highest BCUT2D eigenvalue weighted by molar-refractivity contribution is 5.82. The number of nitrogen functional groups attached to an aromatic ring is 1. The molecule has 2 N–H and O–H groups in total. The van der Waals surface area contributed by atoms with Gasteiger partial charge in [-0.3, -0.25) is 4.98 Å². The van der Waals surface area contributed by atoms with E-state index in [2.05, 4.69) is 4.98 Å². The summed E-state index contributed by atoms with van der Waals surface area (Å²) < 4.78 is 26.2. The minimum Gasteiger partial charge on any atom is -0.394 e. The van der Waals surface area contributed by atoms with Crippen molar-refractivity contribution in [1.29, 1.82) is 0 Å². The molecule has 0 aliphatic carbocycles. The number of aromatic nitrogens is 1. The van der Waals surface area contributed by atoms with Gasteiger partial charge in [-0.25, -0.2) is 8.78 Å². The van der Waals surface area contributed by atoms with Crippen molar-refractivity contribution in [3.8, 4) is 0 Å². The fourth-order valence-corrected chi connectivity index (χ4v) is 1.17. The number of pyridine rings is 1. The van der Waals surface area contributed by atoms with E-state index in [0.29, 0.717) is 0 Å². The Balaban J connectivity index is 2.94. The third-order valence-corrected chi connectivity index (χ3v) is 1.83. The van der Waals surface area contributed by atoms with Gasteiger partial charge in [-0.1, -0.05) is 0 Å². The van der Waals surface area contributed by atoms with Gasteiger partial charge < -0.3 is 5.73 Å². The molecule has 0 aliphatic rings. The molecule has 0 fully saturated rings. The van der Waals surface area contributed by atoms with Crippen molar-refractivity contribution in [2.24, 2.45) is 0 Å². The highest BCUT2D eigenvalue weighted by atomic mass is 19.1. The third-order valence-electron chi connectivity index (χ3n) is 1.83. The van der Waals surface area contributed by atoms with E-state index in [-0.39, 0.29) is 10.9 Å². The van der Waals surface area contributed by atoms with Gasteiger partial charge in [0.05, 0.1) is 5.52 Å². The number of fused-ring (bicyclic) bond motifs is 1. The zero-order valence-electron chi connectivity index (χ0n) is 6.59. The van der Waals surface area contributed by atoms with E-state index >= 15 is 0 Å². The second-order valence-corrected chi connectivity index (χ2v) is 2.66. The zero-order chi connectivity index (χ0) is 9.42. The van der Waals surface area contributed by atoms with E-state index in [1.54, 1.807) is 6.07 Å². The number of rotatable bonds is 0. The Morgan fingerprint density at radius 2 is 2.08 bits per heavy atom. The van der Waals surface area contributed by atoms with Crippen molar-refractivity contribution in [3.63, 3.8) is 0 Å². The molecule has 0 radical (unpaired) electrons. The third kappa shape index (κ3) is 1.11. The first-order valence-corrected chi connectivity index (χ1v) is 3.68. The van der Waals surface area contributed by atoms with Gasteiger partial charge in [0.25, 0.3) is 0 Å². The first-order chi connectivity index (χ1) is 6.20. The molecule has 1 heterocycles. The monoisotopic (exact) mass is 180 g/mol. The van der Waals surface area contributed by atoms with E-state index in [4.69, 9.17) is 5.73 Å². The zero-order valence-corrected chi connectivity index (χ0v) is 6.59. The Bertz CT molecular complexity index is 468. The Morgan fingerprint density at radius 3 is 2.85 bits per heavy atom.